The molecule has 0 aliphatic rings. The molecule has 0 radical (unpaired) electrons. The normalized spacial score (nSPS) is 10.1. The lowest BCUT2D eigenvalue weighted by Gasteiger charge is -2.03. The number of carbonyl (C=O) groups excluding carboxylic acids is 1. The minimum absolute atomic E-state index is 0.0518. The molecule has 6 aromatic rings. The van der Waals surface area contributed by atoms with Crippen LogP contribution in [-0.2, 0) is 37.0 Å². The Bertz CT molecular complexity index is 2450. The Morgan fingerprint density at radius 1 is 0.673 bits per heavy atom. The van der Waals surface area contributed by atoms with E-state index in [4.69, 9.17) is 29.8 Å². The van der Waals surface area contributed by atoms with Crippen LogP contribution in [0.25, 0.3) is 11.3 Å². The molecule has 0 unspecified atom stereocenters. The van der Waals surface area contributed by atoms with Gasteiger partial charge < -0.3 is 19.3 Å². The van der Waals surface area contributed by atoms with Crippen LogP contribution >= 0.6 is 0 Å². The predicted molar refractivity (Wildman–Crippen MR) is 188 cm³/mol. The molecule has 0 amide bonds. The summed E-state index contributed by atoms with van der Waals surface area (Å²) < 4.78 is 19.1. The van der Waals surface area contributed by atoms with E-state index in [2.05, 4.69) is 45.8 Å². The van der Waals surface area contributed by atoms with E-state index in [0.717, 1.165) is 11.2 Å². The Morgan fingerprint density at radius 2 is 1.15 bits per heavy atom. The van der Waals surface area contributed by atoms with Crippen molar-refractivity contribution in [1.29, 1.82) is 10.5 Å². The Kier molecular flexibility index (Phi) is 12.5. The molecule has 0 fully saturated rings. The topological polar surface area (TPSA) is 164 Å². The van der Waals surface area contributed by atoms with Gasteiger partial charge >= 0.3 is 11.9 Å². The summed E-state index contributed by atoms with van der Waals surface area (Å²) in [6.07, 6.45) is 3.70. The summed E-state index contributed by atoms with van der Waals surface area (Å²) in [5.74, 6) is 10.8. The number of esters is 1. The van der Waals surface area contributed by atoms with Gasteiger partial charge in [0.2, 0.25) is 0 Å². The van der Waals surface area contributed by atoms with Crippen LogP contribution in [0.3, 0.4) is 0 Å². The van der Waals surface area contributed by atoms with Gasteiger partial charge in [-0.3, -0.25) is 8.80 Å². The molecule has 4 heterocycles. The van der Waals surface area contributed by atoms with E-state index in [0.29, 0.717) is 51.7 Å². The molecule has 2 aromatic carbocycles. The maximum Gasteiger partial charge on any atom is 0.332 e. The number of aliphatic carboxylic acids is 1. The average molecular weight is 691 g/mol. The number of rotatable bonds is 9. The van der Waals surface area contributed by atoms with Gasteiger partial charge in [0.05, 0.1) is 43.1 Å². The molecule has 0 saturated heterocycles. The SMILES string of the molecule is CCOC(=O)COCc1nc2ccccn2c1C#Cc1cccc(C#N)c1.N#Cc1cccc(C#Cc2c(COCC(=O)O)nc3ccccn23)c1. The van der Waals surface area contributed by atoms with Crippen LogP contribution in [0.4, 0.5) is 0 Å². The van der Waals surface area contributed by atoms with E-state index < -0.39 is 18.5 Å². The van der Waals surface area contributed by atoms with Gasteiger partial charge in [0.15, 0.2) is 0 Å². The number of pyridine rings is 2. The zero-order chi connectivity index (χ0) is 36.7. The fourth-order valence-corrected chi connectivity index (χ4v) is 4.82. The van der Waals surface area contributed by atoms with Gasteiger partial charge in [-0.05, 0) is 79.4 Å². The van der Waals surface area contributed by atoms with Crippen molar-refractivity contribution < 1.29 is 28.9 Å². The first-order chi connectivity index (χ1) is 25.4. The molecule has 0 bridgehead atoms. The first kappa shape index (κ1) is 36.1. The molecule has 52 heavy (non-hydrogen) atoms. The highest BCUT2D eigenvalue weighted by atomic mass is 16.6. The van der Waals surface area contributed by atoms with Crippen LogP contribution in [0.5, 0.6) is 0 Å². The van der Waals surface area contributed by atoms with Crippen molar-refractivity contribution in [3.63, 3.8) is 0 Å². The molecule has 0 aliphatic heterocycles. The molecule has 256 valence electrons. The van der Waals surface area contributed by atoms with Gasteiger partial charge in [-0.1, -0.05) is 36.1 Å². The second kappa shape index (κ2) is 18.0. The van der Waals surface area contributed by atoms with Gasteiger partial charge in [0.25, 0.3) is 0 Å². The lowest BCUT2D eigenvalue weighted by Crippen LogP contribution is -2.12. The van der Waals surface area contributed by atoms with Crippen molar-refractivity contribution in [1.82, 2.24) is 18.8 Å². The third-order valence-electron chi connectivity index (χ3n) is 7.07. The second-order valence-corrected chi connectivity index (χ2v) is 10.7. The van der Waals surface area contributed by atoms with Crippen LogP contribution in [-0.4, -0.2) is 55.6 Å². The maximum atomic E-state index is 11.4. The molecule has 0 atom stereocenters. The highest BCUT2D eigenvalue weighted by Gasteiger charge is 2.13. The molecule has 0 saturated carbocycles. The highest BCUT2D eigenvalue weighted by Crippen LogP contribution is 2.15. The van der Waals surface area contributed by atoms with E-state index in [9.17, 15) is 9.59 Å². The number of benzene rings is 2. The standard InChI is InChI=1S/C21H17N3O3.C19H13N3O3/c1-2-27-21(25)15-26-14-18-19(24-11-4-3-8-20(24)23-18)10-9-16-6-5-7-17(12-16)13-22;20-11-15-5-3-4-14(10-15)7-8-17-16(12-25-13-19(23)24)21-18-6-1-2-9-22(17)18/h3-8,11-12H,2,14-15H2,1H3;1-6,9-10H,12-13H2,(H,23,24). The zero-order valence-corrected chi connectivity index (χ0v) is 27.9. The number of carboxylic acid groups (broad SMARTS) is 1. The maximum absolute atomic E-state index is 11.4. The van der Waals surface area contributed by atoms with E-state index >= 15 is 0 Å². The molecular formula is C40H30N6O6. The Balaban J connectivity index is 0.000000202. The summed E-state index contributed by atoms with van der Waals surface area (Å²) in [5.41, 5.74) is 6.48. The summed E-state index contributed by atoms with van der Waals surface area (Å²) >= 11 is 0. The van der Waals surface area contributed by atoms with Gasteiger partial charge in [0, 0.05) is 23.5 Å². The smallest absolute Gasteiger partial charge is 0.332 e. The summed E-state index contributed by atoms with van der Waals surface area (Å²) in [5, 5.41) is 26.7. The van der Waals surface area contributed by atoms with Crippen LogP contribution < -0.4 is 0 Å². The van der Waals surface area contributed by atoms with E-state index in [1.165, 1.54) is 0 Å². The van der Waals surface area contributed by atoms with Crippen LogP contribution in [0, 0.1) is 46.3 Å². The Morgan fingerprint density at radius 3 is 1.62 bits per heavy atom. The number of hydrogen-bond donors (Lipinski definition) is 1. The van der Waals surface area contributed by atoms with E-state index in [-0.39, 0.29) is 19.8 Å². The minimum Gasteiger partial charge on any atom is -0.480 e. The summed E-state index contributed by atoms with van der Waals surface area (Å²) in [7, 11) is 0. The van der Waals surface area contributed by atoms with Crippen LogP contribution in [0.1, 0.15) is 52.0 Å². The number of ether oxygens (including phenoxy) is 3. The fraction of sp³-hybridized carbons (Fsp3) is 0.150. The van der Waals surface area contributed by atoms with E-state index in [1.54, 1.807) is 43.3 Å². The summed E-state index contributed by atoms with van der Waals surface area (Å²) in [6.45, 7) is 1.72. The largest absolute Gasteiger partial charge is 0.480 e. The number of carboxylic acids is 1. The molecule has 12 heteroatoms. The van der Waals surface area contributed by atoms with Crippen molar-refractivity contribution in [3.05, 3.63) is 142 Å². The number of imidazole rings is 2. The third-order valence-corrected chi connectivity index (χ3v) is 7.07. The number of hydrogen-bond acceptors (Lipinski definition) is 9. The molecule has 4 aromatic heterocycles. The fourth-order valence-electron chi connectivity index (χ4n) is 4.82. The van der Waals surface area contributed by atoms with Crippen molar-refractivity contribution >= 4 is 23.2 Å². The number of fused-ring (bicyclic) bond motifs is 2. The van der Waals surface area contributed by atoms with Gasteiger partial charge in [-0.15, -0.1) is 0 Å². The van der Waals surface area contributed by atoms with Crippen molar-refractivity contribution in [2.75, 3.05) is 19.8 Å². The first-order valence-electron chi connectivity index (χ1n) is 15.9. The molecule has 0 spiro atoms. The number of nitriles is 2. The van der Waals surface area contributed by atoms with Crippen molar-refractivity contribution in [3.8, 4) is 35.8 Å². The molecular weight excluding hydrogens is 660 g/mol. The summed E-state index contributed by atoms with van der Waals surface area (Å²) in [4.78, 5) is 31.0. The molecule has 1 N–H and O–H groups in total. The predicted octanol–water partition coefficient (Wildman–Crippen LogP) is 4.89. The quantitative estimate of drug-likeness (QED) is 0.163. The first-order valence-corrected chi connectivity index (χ1v) is 15.9. The average Bonchev–Trinajstić information content (AvgIpc) is 3.70. The number of aromatic nitrogens is 4. The second-order valence-electron chi connectivity index (χ2n) is 10.7. The number of carbonyl (C=O) groups is 2. The third kappa shape index (κ3) is 9.69. The summed E-state index contributed by atoms with van der Waals surface area (Å²) in [6, 6.07) is 29.5. The van der Waals surface area contributed by atoms with Gasteiger partial charge in [-0.2, -0.15) is 10.5 Å². The van der Waals surface area contributed by atoms with Crippen LogP contribution in [0.15, 0.2) is 97.3 Å². The molecule has 12 nitrogen and oxygen atoms in total. The lowest BCUT2D eigenvalue weighted by molar-refractivity contribution is -0.149. The lowest BCUT2D eigenvalue weighted by atomic mass is 10.1. The monoisotopic (exact) mass is 690 g/mol. The molecule has 0 aliphatic carbocycles. The minimum atomic E-state index is -1.04. The van der Waals surface area contributed by atoms with Crippen molar-refractivity contribution in [2.45, 2.75) is 20.1 Å². The highest BCUT2D eigenvalue weighted by molar-refractivity contribution is 5.70. The van der Waals surface area contributed by atoms with Crippen molar-refractivity contribution in [2.24, 2.45) is 0 Å². The Labute approximate surface area is 299 Å². The molecule has 6 rings (SSSR count). The Hall–Kier alpha value is -7.22. The van der Waals surface area contributed by atoms with Crippen LogP contribution in [0.2, 0.25) is 0 Å². The van der Waals surface area contributed by atoms with Gasteiger partial charge in [0.1, 0.15) is 47.3 Å². The van der Waals surface area contributed by atoms with E-state index in [1.807, 2.05) is 69.7 Å². The zero-order valence-electron chi connectivity index (χ0n) is 27.9. The van der Waals surface area contributed by atoms with Gasteiger partial charge in [-0.25, -0.2) is 19.6 Å². The number of nitrogens with zero attached hydrogens (tertiary/aromatic N) is 6.